The summed E-state index contributed by atoms with van der Waals surface area (Å²) in [4.78, 5) is 2.45. The molecule has 0 saturated heterocycles. The maximum atomic E-state index is 5.40. The van der Waals surface area contributed by atoms with Gasteiger partial charge < -0.3 is 5.32 Å². The second-order valence-electron chi connectivity index (χ2n) is 4.90. The molecule has 0 radical (unpaired) electrons. The smallest absolute Gasteiger partial charge is 0.0599 e. The van der Waals surface area contributed by atoms with Gasteiger partial charge in [0.15, 0.2) is 0 Å². The largest absolute Gasteiger partial charge is 0.320 e. The number of nitrogens with zero attached hydrogens (tertiary/aromatic N) is 1. The normalized spacial score (nSPS) is 15.3. The fraction of sp³-hybridized carbons (Fsp3) is 0.857. The average molecular weight is 222 g/mol. The van der Waals surface area contributed by atoms with Gasteiger partial charge in [-0.05, 0) is 51.7 Å². The predicted octanol–water partition coefficient (Wildman–Crippen LogP) is 2.11. The first kappa shape index (κ1) is 13.5. The second kappa shape index (κ2) is 8.61. The summed E-state index contributed by atoms with van der Waals surface area (Å²) >= 11 is 0. The molecular formula is C14H26N2. The molecule has 0 atom stereocenters. The molecule has 0 unspecified atom stereocenters. The van der Waals surface area contributed by atoms with Crippen LogP contribution in [0.4, 0.5) is 0 Å². The SMILES string of the molecule is C#CCN(CCCCCCNC)CC1CC1. The van der Waals surface area contributed by atoms with Gasteiger partial charge in [-0.15, -0.1) is 6.42 Å². The summed E-state index contributed by atoms with van der Waals surface area (Å²) in [5.41, 5.74) is 0. The molecule has 1 fully saturated rings. The molecule has 2 heteroatoms. The van der Waals surface area contributed by atoms with Crippen LogP contribution in [-0.2, 0) is 0 Å². The molecule has 1 rings (SSSR count). The van der Waals surface area contributed by atoms with Gasteiger partial charge >= 0.3 is 0 Å². The molecule has 1 aliphatic carbocycles. The van der Waals surface area contributed by atoms with E-state index in [1.165, 1.54) is 51.6 Å². The van der Waals surface area contributed by atoms with Crippen LogP contribution in [-0.4, -0.2) is 38.1 Å². The molecule has 1 saturated carbocycles. The molecule has 0 heterocycles. The van der Waals surface area contributed by atoms with E-state index in [4.69, 9.17) is 6.42 Å². The molecule has 92 valence electrons. The summed E-state index contributed by atoms with van der Waals surface area (Å²) in [5, 5.41) is 3.19. The van der Waals surface area contributed by atoms with Crippen molar-refractivity contribution in [3.8, 4) is 12.3 Å². The Morgan fingerprint density at radius 1 is 1.25 bits per heavy atom. The summed E-state index contributed by atoms with van der Waals surface area (Å²) in [6.45, 7) is 4.42. The Kier molecular flexibility index (Phi) is 7.29. The minimum absolute atomic E-state index is 0.840. The number of hydrogen-bond acceptors (Lipinski definition) is 2. The summed E-state index contributed by atoms with van der Waals surface area (Å²) in [7, 11) is 2.02. The van der Waals surface area contributed by atoms with Crippen molar-refractivity contribution in [2.75, 3.05) is 33.2 Å². The minimum Gasteiger partial charge on any atom is -0.320 e. The summed E-state index contributed by atoms with van der Waals surface area (Å²) in [6, 6.07) is 0. The van der Waals surface area contributed by atoms with E-state index < -0.39 is 0 Å². The molecule has 16 heavy (non-hydrogen) atoms. The zero-order chi connectivity index (χ0) is 11.6. The van der Waals surface area contributed by atoms with Gasteiger partial charge in [-0.2, -0.15) is 0 Å². The fourth-order valence-electron chi connectivity index (χ4n) is 2.02. The third-order valence-electron chi connectivity index (χ3n) is 3.18. The lowest BCUT2D eigenvalue weighted by Crippen LogP contribution is -2.27. The van der Waals surface area contributed by atoms with Gasteiger partial charge in [-0.3, -0.25) is 4.90 Å². The molecule has 1 aliphatic rings. The van der Waals surface area contributed by atoms with Gasteiger partial charge in [0, 0.05) is 6.54 Å². The van der Waals surface area contributed by atoms with Gasteiger partial charge in [-0.1, -0.05) is 18.8 Å². The Morgan fingerprint density at radius 3 is 2.62 bits per heavy atom. The number of nitrogens with one attached hydrogen (secondary N) is 1. The number of rotatable bonds is 10. The topological polar surface area (TPSA) is 15.3 Å². The number of unbranched alkanes of at least 4 members (excludes halogenated alkanes) is 3. The molecule has 0 aromatic carbocycles. The van der Waals surface area contributed by atoms with Crippen molar-refractivity contribution in [1.29, 1.82) is 0 Å². The van der Waals surface area contributed by atoms with Crippen molar-refractivity contribution >= 4 is 0 Å². The molecule has 0 aromatic heterocycles. The third kappa shape index (κ3) is 6.87. The highest BCUT2D eigenvalue weighted by Gasteiger charge is 2.23. The highest BCUT2D eigenvalue weighted by atomic mass is 15.1. The van der Waals surface area contributed by atoms with E-state index in [1.54, 1.807) is 0 Å². The lowest BCUT2D eigenvalue weighted by atomic mass is 10.2. The van der Waals surface area contributed by atoms with E-state index in [-0.39, 0.29) is 0 Å². The fourth-order valence-corrected chi connectivity index (χ4v) is 2.02. The van der Waals surface area contributed by atoms with Gasteiger partial charge in [0.25, 0.3) is 0 Å². The molecule has 1 N–H and O–H groups in total. The van der Waals surface area contributed by atoms with Crippen LogP contribution in [0.2, 0.25) is 0 Å². The van der Waals surface area contributed by atoms with Crippen LogP contribution in [0.25, 0.3) is 0 Å². The summed E-state index contributed by atoms with van der Waals surface area (Å²) < 4.78 is 0. The molecule has 0 spiro atoms. The first-order valence-corrected chi connectivity index (χ1v) is 6.67. The van der Waals surface area contributed by atoms with E-state index >= 15 is 0 Å². The monoisotopic (exact) mass is 222 g/mol. The van der Waals surface area contributed by atoms with Crippen molar-refractivity contribution in [2.45, 2.75) is 38.5 Å². The summed E-state index contributed by atoms with van der Waals surface area (Å²) in [5.74, 6) is 3.73. The van der Waals surface area contributed by atoms with Gasteiger partial charge in [0.1, 0.15) is 0 Å². The molecule has 2 nitrogen and oxygen atoms in total. The van der Waals surface area contributed by atoms with E-state index in [2.05, 4.69) is 16.1 Å². The quantitative estimate of drug-likeness (QED) is 0.450. The van der Waals surface area contributed by atoms with Gasteiger partial charge in [0.05, 0.1) is 6.54 Å². The highest BCUT2D eigenvalue weighted by molar-refractivity contribution is 4.90. The molecular weight excluding hydrogens is 196 g/mol. The second-order valence-corrected chi connectivity index (χ2v) is 4.90. The maximum absolute atomic E-state index is 5.40. The number of terminal acetylenes is 1. The van der Waals surface area contributed by atoms with Crippen LogP contribution >= 0.6 is 0 Å². The van der Waals surface area contributed by atoms with E-state index in [0.717, 1.165) is 19.0 Å². The Labute approximate surface area is 101 Å². The predicted molar refractivity (Wildman–Crippen MR) is 70.4 cm³/mol. The van der Waals surface area contributed by atoms with E-state index in [1.807, 2.05) is 7.05 Å². The van der Waals surface area contributed by atoms with E-state index in [0.29, 0.717) is 0 Å². The van der Waals surface area contributed by atoms with Crippen LogP contribution in [0.15, 0.2) is 0 Å². The first-order chi connectivity index (χ1) is 7.86. The molecule has 0 amide bonds. The summed E-state index contributed by atoms with van der Waals surface area (Å²) in [6.07, 6.45) is 13.5. The Hall–Kier alpha value is -0.520. The van der Waals surface area contributed by atoms with Crippen molar-refractivity contribution in [3.05, 3.63) is 0 Å². The molecule has 0 aliphatic heterocycles. The molecule has 0 bridgehead atoms. The van der Waals surface area contributed by atoms with Crippen LogP contribution in [0.1, 0.15) is 38.5 Å². The van der Waals surface area contributed by atoms with Crippen LogP contribution in [0.3, 0.4) is 0 Å². The lowest BCUT2D eigenvalue weighted by molar-refractivity contribution is 0.286. The standard InChI is InChI=1S/C14H26N2/c1-3-11-16(13-14-8-9-14)12-7-5-4-6-10-15-2/h1,14-15H,4-13H2,2H3. The van der Waals surface area contributed by atoms with Crippen molar-refractivity contribution in [3.63, 3.8) is 0 Å². The number of hydrogen-bond donors (Lipinski definition) is 1. The zero-order valence-corrected chi connectivity index (χ0v) is 10.7. The van der Waals surface area contributed by atoms with Gasteiger partial charge in [0.2, 0.25) is 0 Å². The Bertz CT molecular complexity index is 203. The van der Waals surface area contributed by atoms with Crippen LogP contribution in [0, 0.1) is 18.3 Å². The van der Waals surface area contributed by atoms with Crippen LogP contribution in [0.5, 0.6) is 0 Å². The van der Waals surface area contributed by atoms with Crippen molar-refractivity contribution in [2.24, 2.45) is 5.92 Å². The van der Waals surface area contributed by atoms with Crippen LogP contribution < -0.4 is 5.32 Å². The Balaban J connectivity index is 1.96. The van der Waals surface area contributed by atoms with E-state index in [9.17, 15) is 0 Å². The Morgan fingerprint density at radius 2 is 2.00 bits per heavy atom. The zero-order valence-electron chi connectivity index (χ0n) is 10.7. The average Bonchev–Trinajstić information content (AvgIpc) is 3.07. The maximum Gasteiger partial charge on any atom is 0.0599 e. The van der Waals surface area contributed by atoms with Crippen molar-refractivity contribution in [1.82, 2.24) is 10.2 Å². The molecule has 0 aromatic rings. The minimum atomic E-state index is 0.840. The van der Waals surface area contributed by atoms with Crippen molar-refractivity contribution < 1.29 is 0 Å². The van der Waals surface area contributed by atoms with Gasteiger partial charge in [-0.25, -0.2) is 0 Å². The first-order valence-electron chi connectivity index (χ1n) is 6.67. The third-order valence-corrected chi connectivity index (χ3v) is 3.18. The highest BCUT2D eigenvalue weighted by Crippen LogP contribution is 2.29. The lowest BCUT2D eigenvalue weighted by Gasteiger charge is -2.19.